The largest absolute Gasteiger partial charge is 0.329 e. The number of unbranched alkanes of at least 4 members (excludes halogenated alkanes) is 6. The Labute approximate surface area is 180 Å². The summed E-state index contributed by atoms with van der Waals surface area (Å²) in [6.45, 7) is 4.19. The van der Waals surface area contributed by atoms with Crippen LogP contribution in [-0.2, 0) is 17.5 Å². The highest BCUT2D eigenvalue weighted by Gasteiger charge is 2.35. The van der Waals surface area contributed by atoms with Crippen LogP contribution in [-0.4, -0.2) is 33.4 Å². The van der Waals surface area contributed by atoms with Crippen LogP contribution in [0.15, 0.2) is 21.1 Å². The van der Waals surface area contributed by atoms with Gasteiger partial charge in [0.15, 0.2) is 0 Å². The molecule has 1 aliphatic rings. The maximum atomic E-state index is 11.4. The third kappa shape index (κ3) is 7.91. The van der Waals surface area contributed by atoms with E-state index in [1.807, 2.05) is 0 Å². The first-order chi connectivity index (χ1) is 12.8. The van der Waals surface area contributed by atoms with Crippen LogP contribution in [0.4, 0.5) is 0 Å². The smallest absolute Gasteiger partial charge is 0.324 e. The summed E-state index contributed by atoms with van der Waals surface area (Å²) in [6.07, 6.45) is 10.8. The fourth-order valence-corrected chi connectivity index (χ4v) is 6.31. The normalized spacial score (nSPS) is 18.3. The number of likely N-dealkylation sites (tertiary alicyclic amines) is 1. The summed E-state index contributed by atoms with van der Waals surface area (Å²) in [7, 11) is -3.97. The Balaban J connectivity index is 1.83. The van der Waals surface area contributed by atoms with Crippen LogP contribution < -0.4 is 0 Å². The molecule has 0 aromatic heterocycles. The number of hydrogen-bond donors (Lipinski definition) is 2. The number of nitrogens with zero attached hydrogens (tertiary/aromatic N) is 1. The lowest BCUT2D eigenvalue weighted by atomic mass is 10.0. The molecule has 1 aromatic rings. The van der Waals surface area contributed by atoms with Gasteiger partial charge in [-0.05, 0) is 49.1 Å². The van der Waals surface area contributed by atoms with Crippen molar-refractivity contribution < 1.29 is 14.4 Å². The Kier molecular flexibility index (Phi) is 10.0. The molecule has 4 nitrogen and oxygen atoms in total. The molecule has 0 aliphatic carbocycles. The van der Waals surface area contributed by atoms with Gasteiger partial charge >= 0.3 is 7.60 Å². The van der Waals surface area contributed by atoms with Crippen molar-refractivity contribution in [3.05, 3.63) is 32.2 Å². The standard InChI is InChI=1S/C20H32Br2NO3P/c1-2-3-4-5-6-7-8-9-18-19(21)12-16(13-20(18)22)14-23-11-10-17(15-23)27(24,25)26/h12-13,17H,2-11,14-15H2,1H3,(H2,24,25,26). The van der Waals surface area contributed by atoms with Crippen LogP contribution in [0, 0.1) is 0 Å². The monoisotopic (exact) mass is 523 g/mol. The topological polar surface area (TPSA) is 60.8 Å². The second kappa shape index (κ2) is 11.5. The Morgan fingerprint density at radius 2 is 1.67 bits per heavy atom. The number of halogens is 2. The van der Waals surface area contributed by atoms with Crippen molar-refractivity contribution in [2.45, 2.75) is 76.9 Å². The van der Waals surface area contributed by atoms with Gasteiger partial charge < -0.3 is 9.79 Å². The third-order valence-corrected chi connectivity index (χ3v) is 8.15. The lowest BCUT2D eigenvalue weighted by Crippen LogP contribution is -2.21. The van der Waals surface area contributed by atoms with E-state index in [9.17, 15) is 14.4 Å². The molecule has 1 saturated heterocycles. The van der Waals surface area contributed by atoms with Crippen molar-refractivity contribution >= 4 is 39.5 Å². The zero-order valence-corrected chi connectivity index (χ0v) is 20.2. The van der Waals surface area contributed by atoms with Crippen molar-refractivity contribution in [3.8, 4) is 0 Å². The predicted octanol–water partition coefficient (Wildman–Crippen LogP) is 6.26. The van der Waals surface area contributed by atoms with Gasteiger partial charge in [0, 0.05) is 22.0 Å². The molecule has 1 atom stereocenters. The molecule has 0 bridgehead atoms. The molecule has 2 rings (SSSR count). The molecule has 1 heterocycles. The molecule has 0 spiro atoms. The van der Waals surface area contributed by atoms with E-state index in [-0.39, 0.29) is 0 Å². The van der Waals surface area contributed by atoms with Crippen molar-refractivity contribution in [2.24, 2.45) is 0 Å². The minimum absolute atomic E-state index is 0.472. The zero-order chi connectivity index (χ0) is 19.9. The van der Waals surface area contributed by atoms with Crippen LogP contribution in [0.5, 0.6) is 0 Å². The molecule has 7 heteroatoms. The van der Waals surface area contributed by atoms with E-state index in [0.717, 1.165) is 28.5 Å². The molecule has 0 amide bonds. The highest BCUT2D eigenvalue weighted by molar-refractivity contribution is 9.11. The molecule has 0 saturated carbocycles. The van der Waals surface area contributed by atoms with Crippen LogP contribution in [0.3, 0.4) is 0 Å². The van der Waals surface area contributed by atoms with Gasteiger partial charge in [-0.25, -0.2) is 0 Å². The van der Waals surface area contributed by atoms with Crippen molar-refractivity contribution in [3.63, 3.8) is 0 Å². The van der Waals surface area contributed by atoms with Gasteiger partial charge in [-0.1, -0.05) is 77.3 Å². The average molecular weight is 525 g/mol. The second-order valence-corrected chi connectivity index (χ2v) is 11.3. The number of hydrogen-bond acceptors (Lipinski definition) is 2. The second-order valence-electron chi connectivity index (χ2n) is 7.68. The van der Waals surface area contributed by atoms with E-state index < -0.39 is 13.3 Å². The molecule has 1 aliphatic heterocycles. The van der Waals surface area contributed by atoms with E-state index in [2.05, 4.69) is 55.8 Å². The highest BCUT2D eigenvalue weighted by Crippen LogP contribution is 2.45. The molecular formula is C20H32Br2NO3P. The van der Waals surface area contributed by atoms with Crippen molar-refractivity contribution in [1.29, 1.82) is 0 Å². The van der Waals surface area contributed by atoms with Gasteiger partial charge in [-0.2, -0.15) is 0 Å². The summed E-state index contributed by atoms with van der Waals surface area (Å²) in [5, 5.41) is 0. The van der Waals surface area contributed by atoms with Crippen molar-refractivity contribution in [2.75, 3.05) is 13.1 Å². The summed E-state index contributed by atoms with van der Waals surface area (Å²) in [6, 6.07) is 4.32. The zero-order valence-electron chi connectivity index (χ0n) is 16.2. The van der Waals surface area contributed by atoms with E-state index in [1.54, 1.807) is 0 Å². The molecule has 154 valence electrons. The van der Waals surface area contributed by atoms with Gasteiger partial charge in [0.1, 0.15) is 0 Å². The van der Waals surface area contributed by atoms with Crippen LogP contribution in [0.1, 0.15) is 69.4 Å². The minimum Gasteiger partial charge on any atom is -0.324 e. The maximum absolute atomic E-state index is 11.4. The molecule has 27 heavy (non-hydrogen) atoms. The first kappa shape index (κ1) is 23.6. The highest BCUT2D eigenvalue weighted by atomic mass is 79.9. The van der Waals surface area contributed by atoms with E-state index >= 15 is 0 Å². The summed E-state index contributed by atoms with van der Waals surface area (Å²) >= 11 is 7.44. The summed E-state index contributed by atoms with van der Waals surface area (Å²) in [4.78, 5) is 20.8. The van der Waals surface area contributed by atoms with Crippen molar-refractivity contribution in [1.82, 2.24) is 4.90 Å². The third-order valence-electron chi connectivity index (χ3n) is 5.36. The lowest BCUT2D eigenvalue weighted by molar-refractivity contribution is 0.319. The molecule has 2 N–H and O–H groups in total. The summed E-state index contributed by atoms with van der Waals surface area (Å²) < 4.78 is 13.7. The maximum Gasteiger partial charge on any atom is 0.329 e. The van der Waals surface area contributed by atoms with E-state index in [0.29, 0.717) is 13.0 Å². The van der Waals surface area contributed by atoms with Gasteiger partial charge in [-0.15, -0.1) is 0 Å². The Bertz CT molecular complexity index is 627. The summed E-state index contributed by atoms with van der Waals surface area (Å²) in [5.74, 6) is 0. The average Bonchev–Trinajstić information content (AvgIpc) is 3.05. The van der Waals surface area contributed by atoms with Gasteiger partial charge in [0.2, 0.25) is 0 Å². The fraction of sp³-hybridized carbons (Fsp3) is 0.700. The van der Waals surface area contributed by atoms with Crippen LogP contribution >= 0.6 is 39.5 Å². The first-order valence-electron chi connectivity index (χ1n) is 10.1. The number of benzene rings is 1. The predicted molar refractivity (Wildman–Crippen MR) is 119 cm³/mol. The number of rotatable bonds is 11. The molecule has 1 fully saturated rings. The molecule has 1 unspecified atom stereocenters. The Hall–Kier alpha value is 0.290. The Morgan fingerprint density at radius 3 is 2.22 bits per heavy atom. The van der Waals surface area contributed by atoms with Gasteiger partial charge in [-0.3, -0.25) is 9.46 Å². The molecular weight excluding hydrogens is 493 g/mol. The minimum atomic E-state index is -3.97. The quantitative estimate of drug-likeness (QED) is 0.265. The van der Waals surface area contributed by atoms with E-state index in [1.165, 1.54) is 56.1 Å². The Morgan fingerprint density at radius 1 is 1.07 bits per heavy atom. The lowest BCUT2D eigenvalue weighted by Gasteiger charge is -2.18. The molecule has 1 aromatic carbocycles. The van der Waals surface area contributed by atoms with Crippen LogP contribution in [0.2, 0.25) is 0 Å². The first-order valence-corrected chi connectivity index (χ1v) is 13.3. The molecule has 0 radical (unpaired) electrons. The summed E-state index contributed by atoms with van der Waals surface area (Å²) in [5.41, 5.74) is 1.98. The fourth-order valence-electron chi connectivity index (χ4n) is 3.73. The van der Waals surface area contributed by atoms with Gasteiger partial charge in [0.05, 0.1) is 5.66 Å². The SMILES string of the molecule is CCCCCCCCCc1c(Br)cc(CN2CCC(P(=O)(O)O)C2)cc1Br. The van der Waals surface area contributed by atoms with E-state index in [4.69, 9.17) is 0 Å². The van der Waals surface area contributed by atoms with Crippen LogP contribution in [0.25, 0.3) is 0 Å². The van der Waals surface area contributed by atoms with Gasteiger partial charge in [0.25, 0.3) is 0 Å².